The molecule has 0 amide bonds. The smallest absolute Gasteiger partial charge is 0.137 e. The number of rotatable bonds is 3. The van der Waals surface area contributed by atoms with Crippen LogP contribution in [0.3, 0.4) is 0 Å². The summed E-state index contributed by atoms with van der Waals surface area (Å²) in [7, 11) is 0. The molecule has 2 nitrogen and oxygen atoms in total. The van der Waals surface area contributed by atoms with E-state index in [0.717, 1.165) is 29.4 Å². The van der Waals surface area contributed by atoms with Crippen LogP contribution in [-0.4, -0.2) is 11.9 Å². The third-order valence-electron chi connectivity index (χ3n) is 2.73. The third kappa shape index (κ3) is 2.29. The molecule has 0 atom stereocenters. The topological polar surface area (TPSA) is 26.3 Å². The maximum absolute atomic E-state index is 10.4. The number of hydrogen-bond acceptors (Lipinski definition) is 2. The second-order valence-corrected chi connectivity index (χ2v) is 5.66. The Morgan fingerprint density at radius 1 is 1.50 bits per heavy atom. The van der Waals surface area contributed by atoms with Crippen molar-refractivity contribution in [3.63, 3.8) is 0 Å². The summed E-state index contributed by atoms with van der Waals surface area (Å²) in [6.45, 7) is 4.18. The van der Waals surface area contributed by atoms with Crippen LogP contribution in [0.25, 0.3) is 0 Å². The minimum absolute atomic E-state index is 0.117. The number of aryl methyl sites for hydroxylation is 1. The molecule has 0 N–H and O–H groups in total. The van der Waals surface area contributed by atoms with Crippen LogP contribution < -0.4 is 4.74 Å². The van der Waals surface area contributed by atoms with Gasteiger partial charge in [-0.1, -0.05) is 6.07 Å². The largest absolute Gasteiger partial charge is 0.486 e. The monoisotopic (exact) mass is 282 g/mol. The molecule has 86 valence electrons. The fourth-order valence-electron chi connectivity index (χ4n) is 2.10. The number of halogens is 1. The van der Waals surface area contributed by atoms with Gasteiger partial charge < -0.3 is 9.53 Å². The molecule has 0 spiro atoms. The van der Waals surface area contributed by atoms with Crippen LogP contribution in [0.15, 0.2) is 16.6 Å². The van der Waals surface area contributed by atoms with Gasteiger partial charge in [-0.15, -0.1) is 0 Å². The molecule has 0 fully saturated rings. The van der Waals surface area contributed by atoms with Crippen molar-refractivity contribution in [2.24, 2.45) is 0 Å². The number of carbonyl (C=O) groups is 1. The Kier molecular flexibility index (Phi) is 3.06. The first-order valence-corrected chi connectivity index (χ1v) is 6.25. The Morgan fingerprint density at radius 3 is 2.94 bits per heavy atom. The molecule has 3 heteroatoms. The fourth-order valence-corrected chi connectivity index (χ4v) is 2.73. The standard InChI is InChI=1S/C13H15BrO2/c1-13(2)8-10-6-9(4-3-5-15)7-11(14)12(10)16-13/h5-7H,3-4,8H2,1-2H3. The van der Waals surface area contributed by atoms with Gasteiger partial charge in [0.05, 0.1) is 4.47 Å². The van der Waals surface area contributed by atoms with Crippen molar-refractivity contribution in [2.45, 2.75) is 38.7 Å². The molecule has 1 aromatic rings. The van der Waals surface area contributed by atoms with Gasteiger partial charge in [-0.2, -0.15) is 0 Å². The number of benzene rings is 1. The van der Waals surface area contributed by atoms with Gasteiger partial charge in [0.1, 0.15) is 17.6 Å². The van der Waals surface area contributed by atoms with Gasteiger partial charge in [-0.05, 0) is 53.4 Å². The van der Waals surface area contributed by atoms with Gasteiger partial charge in [-0.3, -0.25) is 0 Å². The summed E-state index contributed by atoms with van der Waals surface area (Å²) in [6.07, 6.45) is 3.27. The highest BCUT2D eigenvalue weighted by molar-refractivity contribution is 9.10. The van der Waals surface area contributed by atoms with Crippen LogP contribution in [0.4, 0.5) is 0 Å². The molecular formula is C13H15BrO2. The molecule has 0 aliphatic carbocycles. The van der Waals surface area contributed by atoms with E-state index in [1.54, 1.807) is 0 Å². The van der Waals surface area contributed by atoms with Gasteiger partial charge >= 0.3 is 0 Å². The average Bonchev–Trinajstić information content (AvgIpc) is 2.50. The van der Waals surface area contributed by atoms with E-state index < -0.39 is 0 Å². The first kappa shape index (κ1) is 11.6. The zero-order valence-corrected chi connectivity index (χ0v) is 11.1. The highest BCUT2D eigenvalue weighted by atomic mass is 79.9. The average molecular weight is 283 g/mol. The normalized spacial score (nSPS) is 16.7. The Labute approximate surface area is 104 Å². The lowest BCUT2D eigenvalue weighted by atomic mass is 9.99. The number of ether oxygens (including phenoxy) is 1. The predicted octanol–water partition coefficient (Wildman–Crippen LogP) is 3.29. The molecule has 0 aromatic heterocycles. The highest BCUT2D eigenvalue weighted by Crippen LogP contribution is 2.41. The first-order valence-electron chi connectivity index (χ1n) is 5.46. The van der Waals surface area contributed by atoms with Crippen molar-refractivity contribution in [3.8, 4) is 5.75 Å². The van der Waals surface area contributed by atoms with Crippen molar-refractivity contribution in [2.75, 3.05) is 0 Å². The molecule has 1 heterocycles. The van der Waals surface area contributed by atoms with E-state index in [4.69, 9.17) is 4.74 Å². The molecule has 1 aliphatic rings. The second-order valence-electron chi connectivity index (χ2n) is 4.81. The first-order chi connectivity index (χ1) is 7.52. The summed E-state index contributed by atoms with van der Waals surface area (Å²) < 4.78 is 6.86. The number of aldehydes is 1. The molecular weight excluding hydrogens is 268 g/mol. The van der Waals surface area contributed by atoms with Crippen LogP contribution in [0.1, 0.15) is 31.4 Å². The lowest BCUT2D eigenvalue weighted by Crippen LogP contribution is -2.24. The summed E-state index contributed by atoms with van der Waals surface area (Å²) in [5.41, 5.74) is 2.31. The van der Waals surface area contributed by atoms with E-state index in [-0.39, 0.29) is 5.60 Å². The summed E-state index contributed by atoms with van der Waals surface area (Å²) in [6, 6.07) is 4.20. The zero-order valence-electron chi connectivity index (χ0n) is 9.55. The number of fused-ring (bicyclic) bond motifs is 1. The van der Waals surface area contributed by atoms with Crippen molar-refractivity contribution in [3.05, 3.63) is 27.7 Å². The summed E-state index contributed by atoms with van der Waals surface area (Å²) >= 11 is 3.53. The molecule has 2 rings (SSSR count). The second kappa shape index (κ2) is 4.21. The van der Waals surface area contributed by atoms with E-state index in [1.165, 1.54) is 11.1 Å². The van der Waals surface area contributed by atoms with E-state index in [0.29, 0.717) is 6.42 Å². The van der Waals surface area contributed by atoms with Crippen LogP contribution >= 0.6 is 15.9 Å². The maximum atomic E-state index is 10.4. The maximum Gasteiger partial charge on any atom is 0.137 e. The van der Waals surface area contributed by atoms with Crippen LogP contribution in [0.2, 0.25) is 0 Å². The van der Waals surface area contributed by atoms with E-state index in [1.807, 2.05) is 6.07 Å². The molecule has 0 saturated heterocycles. The molecule has 1 aliphatic heterocycles. The van der Waals surface area contributed by atoms with Gasteiger partial charge in [0, 0.05) is 12.8 Å². The molecule has 1 aromatic carbocycles. The fraction of sp³-hybridized carbons (Fsp3) is 0.462. The summed E-state index contributed by atoms with van der Waals surface area (Å²) in [5, 5.41) is 0. The molecule has 16 heavy (non-hydrogen) atoms. The minimum Gasteiger partial charge on any atom is -0.486 e. The molecule has 0 radical (unpaired) electrons. The van der Waals surface area contributed by atoms with Crippen molar-refractivity contribution in [1.82, 2.24) is 0 Å². The van der Waals surface area contributed by atoms with Crippen molar-refractivity contribution >= 4 is 22.2 Å². The molecule has 0 saturated carbocycles. The van der Waals surface area contributed by atoms with Crippen molar-refractivity contribution in [1.29, 1.82) is 0 Å². The van der Waals surface area contributed by atoms with Gasteiger partial charge in [0.2, 0.25) is 0 Å². The Bertz CT molecular complexity index is 424. The molecule has 0 bridgehead atoms. The van der Waals surface area contributed by atoms with Gasteiger partial charge in [0.25, 0.3) is 0 Å². The summed E-state index contributed by atoms with van der Waals surface area (Å²) in [5.74, 6) is 0.958. The summed E-state index contributed by atoms with van der Waals surface area (Å²) in [4.78, 5) is 10.4. The highest BCUT2D eigenvalue weighted by Gasteiger charge is 2.31. The quantitative estimate of drug-likeness (QED) is 0.796. The van der Waals surface area contributed by atoms with Gasteiger partial charge in [0.15, 0.2) is 0 Å². The van der Waals surface area contributed by atoms with E-state index >= 15 is 0 Å². The van der Waals surface area contributed by atoms with Crippen LogP contribution in [-0.2, 0) is 17.6 Å². The van der Waals surface area contributed by atoms with E-state index in [9.17, 15) is 4.79 Å². The Balaban J connectivity index is 2.30. The molecule has 0 unspecified atom stereocenters. The van der Waals surface area contributed by atoms with Crippen molar-refractivity contribution < 1.29 is 9.53 Å². The van der Waals surface area contributed by atoms with Crippen LogP contribution in [0, 0.1) is 0 Å². The van der Waals surface area contributed by atoms with Gasteiger partial charge in [-0.25, -0.2) is 0 Å². The SMILES string of the molecule is CC1(C)Cc2cc(CCC=O)cc(Br)c2O1. The lowest BCUT2D eigenvalue weighted by molar-refractivity contribution is -0.107. The zero-order chi connectivity index (χ0) is 11.8. The third-order valence-corrected chi connectivity index (χ3v) is 3.31. The minimum atomic E-state index is -0.117. The Morgan fingerprint density at radius 2 is 2.25 bits per heavy atom. The van der Waals surface area contributed by atoms with Crippen LogP contribution in [0.5, 0.6) is 5.75 Å². The number of carbonyl (C=O) groups excluding carboxylic acids is 1. The lowest BCUT2D eigenvalue weighted by Gasteiger charge is -2.17. The Hall–Kier alpha value is -0.830. The van der Waals surface area contributed by atoms with E-state index in [2.05, 4.69) is 35.8 Å². The number of hydrogen-bond donors (Lipinski definition) is 0. The predicted molar refractivity (Wildman–Crippen MR) is 66.9 cm³/mol.